The highest BCUT2D eigenvalue weighted by molar-refractivity contribution is 7.92. The summed E-state index contributed by atoms with van der Waals surface area (Å²) in [5, 5.41) is 3.38. The van der Waals surface area contributed by atoms with Crippen LogP contribution in [0.1, 0.15) is 54.4 Å². The first kappa shape index (κ1) is 35.5. The van der Waals surface area contributed by atoms with Gasteiger partial charge in [0.05, 0.1) is 20.6 Å². The van der Waals surface area contributed by atoms with Crippen LogP contribution in [0.4, 0.5) is 5.69 Å². The minimum atomic E-state index is -4.30. The van der Waals surface area contributed by atoms with Crippen molar-refractivity contribution in [2.45, 2.75) is 75.9 Å². The summed E-state index contributed by atoms with van der Waals surface area (Å²) in [6, 6.07) is 27.5. The number of carbonyl (C=O) groups excluding carboxylic acids is 2. The number of rotatable bonds is 12. The van der Waals surface area contributed by atoms with Crippen molar-refractivity contribution in [3.8, 4) is 0 Å². The van der Waals surface area contributed by atoms with Gasteiger partial charge in [0.15, 0.2) is 0 Å². The van der Waals surface area contributed by atoms with E-state index in [9.17, 15) is 18.0 Å². The molecule has 1 aliphatic rings. The first-order valence-electron chi connectivity index (χ1n) is 16.3. The number of carbonyl (C=O) groups is 2. The molecule has 1 saturated carbocycles. The molecule has 252 valence electrons. The zero-order chi connectivity index (χ0) is 34.3. The van der Waals surface area contributed by atoms with Gasteiger partial charge in [0.25, 0.3) is 10.0 Å². The molecule has 0 radical (unpaired) electrons. The minimum absolute atomic E-state index is 0.00180. The molecule has 0 aromatic heterocycles. The lowest BCUT2D eigenvalue weighted by Crippen LogP contribution is -2.55. The van der Waals surface area contributed by atoms with Gasteiger partial charge >= 0.3 is 0 Å². The fraction of sp³-hybridized carbons (Fsp3) is 0.316. The average molecular weight is 707 g/mol. The van der Waals surface area contributed by atoms with E-state index in [1.807, 2.05) is 68.4 Å². The van der Waals surface area contributed by atoms with E-state index in [1.165, 1.54) is 23.1 Å². The number of nitrogens with zero attached hydrogens (tertiary/aromatic N) is 2. The number of nitrogens with one attached hydrogen (secondary N) is 1. The third-order valence-electron chi connectivity index (χ3n) is 8.75. The molecule has 0 bridgehead atoms. The van der Waals surface area contributed by atoms with Gasteiger partial charge in [-0.3, -0.25) is 13.9 Å². The molecule has 48 heavy (non-hydrogen) atoms. The highest BCUT2D eigenvalue weighted by atomic mass is 35.5. The van der Waals surface area contributed by atoms with E-state index in [2.05, 4.69) is 5.32 Å². The van der Waals surface area contributed by atoms with Crippen LogP contribution in [-0.4, -0.2) is 43.8 Å². The van der Waals surface area contributed by atoms with Crippen molar-refractivity contribution in [1.82, 2.24) is 10.2 Å². The molecule has 1 aliphatic carbocycles. The van der Waals surface area contributed by atoms with Gasteiger partial charge in [-0.15, -0.1) is 0 Å². The average Bonchev–Trinajstić information content (AvgIpc) is 3.07. The summed E-state index contributed by atoms with van der Waals surface area (Å²) in [7, 11) is -4.30. The Hall–Kier alpha value is -3.85. The van der Waals surface area contributed by atoms with Gasteiger partial charge in [-0.05, 0) is 62.1 Å². The molecule has 1 fully saturated rings. The molecule has 5 rings (SSSR count). The van der Waals surface area contributed by atoms with Crippen LogP contribution in [0, 0.1) is 13.8 Å². The molecule has 0 heterocycles. The van der Waals surface area contributed by atoms with E-state index in [0.29, 0.717) is 0 Å². The predicted octanol–water partition coefficient (Wildman–Crippen LogP) is 7.89. The second-order valence-corrected chi connectivity index (χ2v) is 15.1. The molecule has 4 aromatic carbocycles. The maximum absolute atomic E-state index is 14.7. The first-order chi connectivity index (χ1) is 23.0. The summed E-state index contributed by atoms with van der Waals surface area (Å²) >= 11 is 13.0. The number of anilines is 1. The lowest BCUT2D eigenvalue weighted by Gasteiger charge is -2.35. The number of benzene rings is 4. The van der Waals surface area contributed by atoms with Crippen LogP contribution in [0.2, 0.25) is 10.0 Å². The summed E-state index contributed by atoms with van der Waals surface area (Å²) in [4.78, 5) is 30.5. The van der Waals surface area contributed by atoms with Gasteiger partial charge < -0.3 is 10.2 Å². The molecule has 10 heteroatoms. The first-order valence-corrected chi connectivity index (χ1v) is 18.5. The maximum Gasteiger partial charge on any atom is 0.264 e. The largest absolute Gasteiger partial charge is 0.352 e. The Bertz CT molecular complexity index is 1830. The lowest BCUT2D eigenvalue weighted by atomic mass is 9.94. The van der Waals surface area contributed by atoms with E-state index >= 15 is 0 Å². The Morgan fingerprint density at radius 1 is 0.812 bits per heavy atom. The van der Waals surface area contributed by atoms with Crippen molar-refractivity contribution >= 4 is 50.7 Å². The third kappa shape index (κ3) is 8.78. The van der Waals surface area contributed by atoms with Crippen LogP contribution >= 0.6 is 23.2 Å². The molecule has 1 unspecified atom stereocenters. The number of hydrogen-bond acceptors (Lipinski definition) is 4. The topological polar surface area (TPSA) is 86.8 Å². The molecule has 1 atom stereocenters. The maximum atomic E-state index is 14.7. The standard InChI is InChI=1S/C38H41Cl2N3O4S/c1-27-19-21-32(22-20-27)48(46,47)43(34-18-10-17-33(39)37(34)40)26-36(44)42(25-30-14-9-11-28(2)23-30)35(24-29-12-5-3-6-13-29)38(45)41-31-15-7-4-8-16-31/h3,5-6,9-14,17-23,31,35H,4,7-8,15-16,24-26H2,1-2H3,(H,41,45). The summed E-state index contributed by atoms with van der Waals surface area (Å²) in [6.45, 7) is 3.31. The Morgan fingerprint density at radius 2 is 1.48 bits per heavy atom. The van der Waals surface area contributed by atoms with Crippen LogP contribution in [0.5, 0.6) is 0 Å². The van der Waals surface area contributed by atoms with Gasteiger partial charge in [-0.25, -0.2) is 8.42 Å². The number of amides is 2. The predicted molar refractivity (Wildman–Crippen MR) is 193 cm³/mol. The highest BCUT2D eigenvalue weighted by Crippen LogP contribution is 2.36. The van der Waals surface area contributed by atoms with Crippen molar-refractivity contribution in [2.75, 3.05) is 10.8 Å². The van der Waals surface area contributed by atoms with Crippen LogP contribution < -0.4 is 9.62 Å². The molecule has 0 saturated heterocycles. The quantitative estimate of drug-likeness (QED) is 0.162. The normalized spacial score (nSPS) is 14.2. The summed E-state index contributed by atoms with van der Waals surface area (Å²) in [5.74, 6) is -0.816. The second-order valence-electron chi connectivity index (χ2n) is 12.5. The molecule has 7 nitrogen and oxygen atoms in total. The van der Waals surface area contributed by atoms with Gasteiger partial charge in [0.2, 0.25) is 11.8 Å². The lowest BCUT2D eigenvalue weighted by molar-refractivity contribution is -0.140. The molecule has 0 spiro atoms. The summed E-state index contributed by atoms with van der Waals surface area (Å²) in [5.41, 5.74) is 3.65. The van der Waals surface area contributed by atoms with Gasteiger partial charge in [0.1, 0.15) is 12.6 Å². The third-order valence-corrected chi connectivity index (χ3v) is 11.3. The van der Waals surface area contributed by atoms with E-state index < -0.39 is 28.5 Å². The monoisotopic (exact) mass is 705 g/mol. The molecular formula is C38H41Cl2N3O4S. The summed E-state index contributed by atoms with van der Waals surface area (Å²) < 4.78 is 29.6. The Kier molecular flexibility index (Phi) is 11.8. The number of aryl methyl sites for hydroxylation is 2. The molecule has 0 aliphatic heterocycles. The number of sulfonamides is 1. The van der Waals surface area contributed by atoms with Crippen LogP contribution in [0.3, 0.4) is 0 Å². The second kappa shape index (κ2) is 16.0. The van der Waals surface area contributed by atoms with Crippen LogP contribution in [0.25, 0.3) is 0 Å². The SMILES string of the molecule is Cc1ccc(S(=O)(=O)N(CC(=O)N(Cc2cccc(C)c2)C(Cc2ccccc2)C(=O)NC2CCCCC2)c2cccc(Cl)c2Cl)cc1. The molecule has 4 aromatic rings. The molecular weight excluding hydrogens is 665 g/mol. The molecule has 2 amide bonds. The van der Waals surface area contributed by atoms with Crippen molar-refractivity contribution in [1.29, 1.82) is 0 Å². The zero-order valence-corrected chi connectivity index (χ0v) is 29.6. The Labute approximate surface area is 293 Å². The number of hydrogen-bond donors (Lipinski definition) is 1. The fourth-order valence-corrected chi connectivity index (χ4v) is 8.01. The van der Waals surface area contributed by atoms with E-state index in [4.69, 9.17) is 23.2 Å². The summed E-state index contributed by atoms with van der Waals surface area (Å²) in [6.07, 6.45) is 5.21. The van der Waals surface area contributed by atoms with Crippen LogP contribution in [0.15, 0.2) is 102 Å². The van der Waals surface area contributed by atoms with Crippen molar-refractivity contribution in [2.24, 2.45) is 0 Å². The zero-order valence-electron chi connectivity index (χ0n) is 27.2. The smallest absolute Gasteiger partial charge is 0.264 e. The van der Waals surface area contributed by atoms with Crippen molar-refractivity contribution in [3.63, 3.8) is 0 Å². The molecule has 1 N–H and O–H groups in total. The minimum Gasteiger partial charge on any atom is -0.352 e. The number of halogens is 2. The van der Waals surface area contributed by atoms with E-state index in [-0.39, 0.29) is 45.5 Å². The van der Waals surface area contributed by atoms with Crippen molar-refractivity contribution < 1.29 is 18.0 Å². The highest BCUT2D eigenvalue weighted by Gasteiger charge is 2.36. The Morgan fingerprint density at radius 3 is 2.17 bits per heavy atom. The van der Waals surface area contributed by atoms with Gasteiger partial charge in [-0.2, -0.15) is 0 Å². The van der Waals surface area contributed by atoms with E-state index in [0.717, 1.165) is 58.7 Å². The van der Waals surface area contributed by atoms with Gasteiger partial charge in [-0.1, -0.05) is 126 Å². The van der Waals surface area contributed by atoms with Crippen molar-refractivity contribution in [3.05, 3.63) is 129 Å². The van der Waals surface area contributed by atoms with E-state index in [1.54, 1.807) is 24.3 Å². The van der Waals surface area contributed by atoms with Crippen LogP contribution in [-0.2, 0) is 32.6 Å². The fourth-order valence-electron chi connectivity index (χ4n) is 6.14. The van der Waals surface area contributed by atoms with Gasteiger partial charge in [0, 0.05) is 19.0 Å². The Balaban J connectivity index is 1.59.